The van der Waals surface area contributed by atoms with Gasteiger partial charge >= 0.3 is 17.9 Å². The Kier molecular flexibility index (Phi) is 7.88. The van der Waals surface area contributed by atoms with Crippen LogP contribution in [0.4, 0.5) is 10.1 Å². The van der Waals surface area contributed by atoms with Crippen molar-refractivity contribution < 1.29 is 50.0 Å². The van der Waals surface area contributed by atoms with Crippen LogP contribution in [-0.2, 0) is 4.74 Å². The van der Waals surface area contributed by atoms with E-state index in [1.807, 2.05) is 0 Å². The summed E-state index contributed by atoms with van der Waals surface area (Å²) in [5.41, 5.74) is -2.13. The molecule has 3 aromatic rings. The fraction of sp³-hybridized carbons (Fsp3) is 0.269. The summed E-state index contributed by atoms with van der Waals surface area (Å²) in [4.78, 5) is 12.5. The fourth-order valence-corrected chi connectivity index (χ4v) is 4.69. The van der Waals surface area contributed by atoms with Crippen molar-refractivity contribution in [3.8, 4) is 11.3 Å². The highest BCUT2D eigenvalue weighted by atomic mass is 31.0. The average molecular weight is 591 g/mol. The molecule has 0 amide bonds. The van der Waals surface area contributed by atoms with Crippen LogP contribution in [0.2, 0.25) is 0 Å². The molecule has 13 nitrogen and oxygen atoms in total. The first-order valence-corrected chi connectivity index (χ1v) is 12.4. The van der Waals surface area contributed by atoms with Crippen LogP contribution in [0.3, 0.4) is 0 Å². The number of aliphatic imine (C=N–C) groups is 1. The third kappa shape index (κ3) is 5.15. The molecule has 4 rings (SSSR count). The highest BCUT2D eigenvalue weighted by Gasteiger charge is 2.73. The summed E-state index contributed by atoms with van der Waals surface area (Å²) in [6.45, 7) is 7.08. The minimum atomic E-state index is -4.00. The number of aliphatic hydroxyl groups excluding tert-OH is 1. The highest BCUT2D eigenvalue weighted by Crippen LogP contribution is 2.48. The minimum absolute atomic E-state index is 0.0236. The smallest absolute Gasteiger partial charge is 0.362 e. The van der Waals surface area contributed by atoms with Gasteiger partial charge < -0.3 is 40.9 Å². The van der Waals surface area contributed by atoms with Crippen molar-refractivity contribution in [1.82, 2.24) is 9.97 Å². The van der Waals surface area contributed by atoms with Crippen molar-refractivity contribution in [2.24, 2.45) is 4.99 Å². The largest absolute Gasteiger partial charge is 0.382 e. The van der Waals surface area contributed by atoms with E-state index in [9.17, 15) is 40.9 Å². The molecule has 0 saturated carbocycles. The summed E-state index contributed by atoms with van der Waals surface area (Å²) in [6.07, 6.45) is 2.72. The van der Waals surface area contributed by atoms with E-state index in [2.05, 4.69) is 26.3 Å². The molecule has 1 aliphatic heterocycles. The maximum Gasteiger partial charge on any atom is 0.362 e. The lowest BCUT2D eigenvalue weighted by Crippen LogP contribution is -2.82. The van der Waals surface area contributed by atoms with Crippen LogP contribution in [-0.4, -0.2) is 80.4 Å². The van der Waals surface area contributed by atoms with Gasteiger partial charge in [0, 0.05) is 22.9 Å². The van der Waals surface area contributed by atoms with Gasteiger partial charge in [-0.15, -0.1) is 0 Å². The van der Waals surface area contributed by atoms with E-state index < -0.39 is 40.9 Å². The molecule has 3 unspecified atom stereocenters. The Morgan fingerprint density at radius 3 is 2.37 bits per heavy atom. The standard InChI is InChI=1S/C26H28FN4O9P/c1-4-9-28-20(13(2)3)22(32)14-5-8-18(27)17(10-14)21-16-7-6-15(11-19(16)29-12-30-21)31-23(33,34)25(36,37)40-26(38,39)24(31,35)41/h4-12,22,32-39H,1,41H2,2-3H3/b28-9-. The number of hydrogen-bond donors (Lipinski definition) is 8. The van der Waals surface area contributed by atoms with Crippen LogP contribution in [0.5, 0.6) is 0 Å². The zero-order chi connectivity index (χ0) is 30.5. The van der Waals surface area contributed by atoms with E-state index in [0.717, 1.165) is 24.5 Å². The summed E-state index contributed by atoms with van der Waals surface area (Å²) in [6, 6.07) is 7.44. The molecule has 0 spiro atoms. The molecule has 1 fully saturated rings. The zero-order valence-electron chi connectivity index (χ0n) is 21.7. The maximum atomic E-state index is 15.1. The van der Waals surface area contributed by atoms with E-state index in [1.165, 1.54) is 39.7 Å². The van der Waals surface area contributed by atoms with E-state index in [-0.39, 0.29) is 27.1 Å². The van der Waals surface area contributed by atoms with Gasteiger partial charge in [0.05, 0.1) is 16.9 Å². The van der Waals surface area contributed by atoms with E-state index in [1.54, 1.807) is 13.8 Å². The number of rotatable bonds is 6. The highest BCUT2D eigenvalue weighted by molar-refractivity contribution is 7.19. The summed E-state index contributed by atoms with van der Waals surface area (Å²) >= 11 is 0. The summed E-state index contributed by atoms with van der Waals surface area (Å²) in [5.74, 6) is -12.3. The van der Waals surface area contributed by atoms with Crippen molar-refractivity contribution in [2.75, 3.05) is 4.90 Å². The van der Waals surface area contributed by atoms with Crippen molar-refractivity contribution in [3.63, 3.8) is 0 Å². The molecule has 1 aliphatic rings. The molecule has 0 radical (unpaired) electrons. The zero-order valence-corrected chi connectivity index (χ0v) is 22.9. The number of hydrogen-bond acceptors (Lipinski definition) is 13. The number of benzene rings is 2. The molecule has 8 N–H and O–H groups in total. The SMILES string of the molecule is C=C/C=N\C(=C(C)C)C(O)c1ccc(F)c(-c2ncnc3cc(N4C(O)(O)C(O)(O)OC(O)(O)C4(O)P)ccc23)c1. The lowest BCUT2D eigenvalue weighted by Gasteiger charge is -2.57. The van der Waals surface area contributed by atoms with Gasteiger partial charge in [0.15, 0.2) is 0 Å². The number of anilines is 1. The first kappa shape index (κ1) is 30.7. The Bertz CT molecular complexity index is 1550. The molecule has 1 aromatic heterocycles. The van der Waals surface area contributed by atoms with Crippen molar-refractivity contribution in [2.45, 2.75) is 43.3 Å². The van der Waals surface area contributed by atoms with Crippen LogP contribution in [0.15, 0.2) is 71.6 Å². The average Bonchev–Trinajstić information content (AvgIpc) is 2.87. The van der Waals surface area contributed by atoms with Gasteiger partial charge in [0.25, 0.3) is 0 Å². The number of halogens is 1. The quantitative estimate of drug-likeness (QED) is 0.111. The second-order valence-corrected chi connectivity index (χ2v) is 10.3. The topological polar surface area (TPSA) is 212 Å². The summed E-state index contributed by atoms with van der Waals surface area (Å²) < 4.78 is 19.2. The summed E-state index contributed by atoms with van der Waals surface area (Å²) in [5, 5.41) is 83.1. The number of nitrogens with zero attached hydrogens (tertiary/aromatic N) is 4. The molecule has 0 bridgehead atoms. The first-order chi connectivity index (χ1) is 19.0. The Morgan fingerprint density at radius 1 is 1.05 bits per heavy atom. The van der Waals surface area contributed by atoms with E-state index >= 15 is 4.39 Å². The number of fused-ring (bicyclic) bond motifs is 1. The second kappa shape index (κ2) is 10.5. The van der Waals surface area contributed by atoms with Gasteiger partial charge in [-0.1, -0.05) is 33.5 Å². The predicted molar refractivity (Wildman–Crippen MR) is 147 cm³/mol. The van der Waals surface area contributed by atoms with Crippen LogP contribution in [0.1, 0.15) is 25.5 Å². The third-order valence-corrected chi connectivity index (χ3v) is 7.02. The van der Waals surface area contributed by atoms with Gasteiger partial charge in [-0.2, -0.15) is 0 Å². The fourth-order valence-electron chi connectivity index (χ4n) is 4.31. The molecule has 2 aromatic carbocycles. The van der Waals surface area contributed by atoms with Crippen LogP contribution < -0.4 is 4.90 Å². The van der Waals surface area contributed by atoms with Crippen molar-refractivity contribution >= 4 is 32.0 Å². The van der Waals surface area contributed by atoms with E-state index in [0.29, 0.717) is 16.8 Å². The Morgan fingerprint density at radius 2 is 1.73 bits per heavy atom. The van der Waals surface area contributed by atoms with Crippen molar-refractivity contribution in [1.29, 1.82) is 0 Å². The first-order valence-electron chi connectivity index (χ1n) is 11.9. The Hall–Kier alpha value is -3.27. The Balaban J connectivity index is 1.85. The minimum Gasteiger partial charge on any atom is -0.382 e. The number of ether oxygens (including phenoxy) is 1. The van der Waals surface area contributed by atoms with E-state index in [4.69, 9.17) is 0 Å². The van der Waals surface area contributed by atoms with Gasteiger partial charge in [0.2, 0.25) is 5.47 Å². The molecular weight excluding hydrogens is 562 g/mol. The molecule has 1 saturated heterocycles. The van der Waals surface area contributed by atoms with Crippen LogP contribution in [0, 0.1) is 5.82 Å². The van der Waals surface area contributed by atoms with Gasteiger partial charge in [-0.05, 0) is 49.7 Å². The van der Waals surface area contributed by atoms with Crippen LogP contribution in [0.25, 0.3) is 22.2 Å². The third-order valence-electron chi connectivity index (χ3n) is 6.38. The number of morpholine rings is 1. The van der Waals surface area contributed by atoms with Gasteiger partial charge in [0.1, 0.15) is 18.2 Å². The lowest BCUT2D eigenvalue weighted by atomic mass is 9.98. The molecule has 218 valence electrons. The second-order valence-electron chi connectivity index (χ2n) is 9.48. The monoisotopic (exact) mass is 590 g/mol. The maximum absolute atomic E-state index is 15.1. The normalized spacial score (nSPS) is 22.1. The lowest BCUT2D eigenvalue weighted by molar-refractivity contribution is -0.574. The Labute approximate surface area is 234 Å². The summed E-state index contributed by atoms with van der Waals surface area (Å²) in [7, 11) is 1.52. The number of aliphatic hydroxyl groups is 8. The molecule has 2 heterocycles. The molecular formula is C26H28FN4O9P. The number of aromatic nitrogens is 2. The van der Waals surface area contributed by atoms with Crippen molar-refractivity contribution in [3.05, 3.63) is 78.0 Å². The number of allylic oxidation sites excluding steroid dienone is 2. The van der Waals surface area contributed by atoms with Gasteiger partial charge in [-0.25, -0.2) is 14.4 Å². The molecule has 0 aliphatic carbocycles. The molecule has 3 atom stereocenters. The van der Waals surface area contributed by atoms with Crippen LogP contribution >= 0.6 is 9.24 Å². The molecule has 15 heteroatoms. The predicted octanol–water partition coefficient (Wildman–Crippen LogP) is 0.293. The molecule has 41 heavy (non-hydrogen) atoms. The van der Waals surface area contributed by atoms with Gasteiger partial charge in [-0.3, -0.25) is 14.6 Å².